The molecule has 1 rings (SSSR count). The molecule has 1 amide bonds. The zero-order chi connectivity index (χ0) is 12.7. The van der Waals surface area contributed by atoms with Crippen LogP contribution in [0.3, 0.4) is 0 Å². The van der Waals surface area contributed by atoms with E-state index in [-0.39, 0.29) is 17.7 Å². The Balaban J connectivity index is 2.56. The van der Waals surface area contributed by atoms with Crippen LogP contribution >= 0.6 is 11.8 Å². The van der Waals surface area contributed by atoms with Gasteiger partial charge in [-0.1, -0.05) is 30.3 Å². The molecule has 1 aromatic carbocycles. The molecule has 0 saturated heterocycles. The normalized spacial score (nSPS) is 11.8. The maximum Gasteiger partial charge on any atom is 0.229 e. The summed E-state index contributed by atoms with van der Waals surface area (Å²) < 4.78 is 0. The Morgan fingerprint density at radius 2 is 2.12 bits per heavy atom. The number of nitrogens with one attached hydrogen (secondary N) is 2. The van der Waals surface area contributed by atoms with Crippen LogP contribution in [0.4, 0.5) is 0 Å². The standard InChI is InChI=1S/C12H17N3OS/c1-15-11(16)8-17-7-10(12(13)14)9-5-3-2-4-6-9/h2-6,10H,7-8H2,1H3,(H3,13,14)(H,15,16). The van der Waals surface area contributed by atoms with Gasteiger partial charge >= 0.3 is 0 Å². The lowest BCUT2D eigenvalue weighted by Gasteiger charge is -2.15. The first-order valence-electron chi connectivity index (χ1n) is 5.32. The summed E-state index contributed by atoms with van der Waals surface area (Å²) in [5, 5.41) is 10.1. The third-order valence-corrected chi connectivity index (χ3v) is 3.41. The van der Waals surface area contributed by atoms with Crippen molar-refractivity contribution >= 4 is 23.5 Å². The van der Waals surface area contributed by atoms with E-state index < -0.39 is 0 Å². The average Bonchev–Trinajstić information content (AvgIpc) is 2.34. The number of carbonyl (C=O) groups is 1. The summed E-state index contributed by atoms with van der Waals surface area (Å²) in [4.78, 5) is 11.1. The van der Waals surface area contributed by atoms with Crippen molar-refractivity contribution in [3.05, 3.63) is 35.9 Å². The fourth-order valence-corrected chi connectivity index (χ4v) is 2.45. The van der Waals surface area contributed by atoms with Gasteiger partial charge in [-0.3, -0.25) is 10.2 Å². The molecule has 1 aromatic rings. The van der Waals surface area contributed by atoms with Gasteiger partial charge in [-0.2, -0.15) is 11.8 Å². The van der Waals surface area contributed by atoms with Crippen LogP contribution in [-0.4, -0.2) is 30.3 Å². The second-order valence-electron chi connectivity index (χ2n) is 3.61. The third kappa shape index (κ3) is 4.48. The molecule has 0 aliphatic carbocycles. The number of thioether (sulfide) groups is 1. The molecule has 0 aliphatic rings. The Kier molecular flexibility index (Phi) is 5.56. The monoisotopic (exact) mass is 251 g/mol. The summed E-state index contributed by atoms with van der Waals surface area (Å²) in [6, 6.07) is 9.68. The number of rotatable bonds is 6. The molecule has 0 radical (unpaired) electrons. The van der Waals surface area contributed by atoms with E-state index in [4.69, 9.17) is 11.1 Å². The molecular weight excluding hydrogens is 234 g/mol. The Hall–Kier alpha value is -1.49. The molecule has 0 fully saturated rings. The Morgan fingerprint density at radius 3 is 2.65 bits per heavy atom. The average molecular weight is 251 g/mol. The molecule has 17 heavy (non-hydrogen) atoms. The topological polar surface area (TPSA) is 79.0 Å². The molecule has 0 bridgehead atoms. The van der Waals surface area contributed by atoms with Crippen LogP contribution < -0.4 is 11.1 Å². The van der Waals surface area contributed by atoms with Gasteiger partial charge in [0.25, 0.3) is 0 Å². The number of hydrogen-bond donors (Lipinski definition) is 3. The summed E-state index contributed by atoms with van der Waals surface area (Å²) >= 11 is 1.48. The summed E-state index contributed by atoms with van der Waals surface area (Å²) in [6.45, 7) is 0. The maximum absolute atomic E-state index is 11.1. The maximum atomic E-state index is 11.1. The molecule has 92 valence electrons. The predicted molar refractivity (Wildman–Crippen MR) is 72.5 cm³/mol. The highest BCUT2D eigenvalue weighted by Gasteiger charge is 2.15. The molecule has 0 spiro atoms. The van der Waals surface area contributed by atoms with Crippen LogP contribution in [0.5, 0.6) is 0 Å². The highest BCUT2D eigenvalue weighted by Crippen LogP contribution is 2.20. The summed E-state index contributed by atoms with van der Waals surface area (Å²) in [5.74, 6) is 1.05. The van der Waals surface area contributed by atoms with Crippen LogP contribution in [0, 0.1) is 5.41 Å². The Labute approximate surface area is 105 Å². The molecule has 0 aromatic heterocycles. The Morgan fingerprint density at radius 1 is 1.47 bits per heavy atom. The third-order valence-electron chi connectivity index (χ3n) is 2.37. The zero-order valence-electron chi connectivity index (χ0n) is 9.77. The van der Waals surface area contributed by atoms with Gasteiger partial charge in [0.05, 0.1) is 11.6 Å². The van der Waals surface area contributed by atoms with E-state index in [1.807, 2.05) is 30.3 Å². The van der Waals surface area contributed by atoms with Crippen molar-refractivity contribution in [3.8, 4) is 0 Å². The van der Waals surface area contributed by atoms with Crippen LogP contribution in [0.25, 0.3) is 0 Å². The molecule has 0 heterocycles. The van der Waals surface area contributed by atoms with Crippen LogP contribution in [0.15, 0.2) is 30.3 Å². The number of nitrogens with two attached hydrogens (primary N) is 1. The van der Waals surface area contributed by atoms with E-state index in [1.54, 1.807) is 7.05 Å². The highest BCUT2D eigenvalue weighted by molar-refractivity contribution is 8.00. The molecule has 0 aliphatic heterocycles. The number of hydrogen-bond acceptors (Lipinski definition) is 3. The van der Waals surface area contributed by atoms with Gasteiger partial charge in [-0.25, -0.2) is 0 Å². The minimum atomic E-state index is -0.120. The highest BCUT2D eigenvalue weighted by atomic mass is 32.2. The summed E-state index contributed by atoms with van der Waals surface area (Å²) in [7, 11) is 1.61. The van der Waals surface area contributed by atoms with Crippen LogP contribution in [-0.2, 0) is 4.79 Å². The molecule has 1 unspecified atom stereocenters. The Bertz CT molecular complexity index is 381. The molecule has 4 N–H and O–H groups in total. The quantitative estimate of drug-likeness (QED) is 0.525. The predicted octanol–water partition coefficient (Wildman–Crippen LogP) is 1.19. The van der Waals surface area contributed by atoms with Gasteiger partial charge in [0.15, 0.2) is 0 Å². The van der Waals surface area contributed by atoms with Crippen LogP contribution in [0.1, 0.15) is 11.5 Å². The van der Waals surface area contributed by atoms with Crippen molar-refractivity contribution in [3.63, 3.8) is 0 Å². The fraction of sp³-hybridized carbons (Fsp3) is 0.333. The van der Waals surface area contributed by atoms with Gasteiger partial charge in [-0.05, 0) is 5.56 Å². The van der Waals surface area contributed by atoms with Crippen LogP contribution in [0.2, 0.25) is 0 Å². The van der Waals surface area contributed by atoms with Gasteiger partial charge in [-0.15, -0.1) is 0 Å². The van der Waals surface area contributed by atoms with Gasteiger partial charge in [0, 0.05) is 18.7 Å². The summed E-state index contributed by atoms with van der Waals surface area (Å²) in [5.41, 5.74) is 6.61. The lowest BCUT2D eigenvalue weighted by molar-refractivity contribution is -0.118. The van der Waals surface area contributed by atoms with E-state index in [0.717, 1.165) is 5.56 Å². The van der Waals surface area contributed by atoms with Crippen molar-refractivity contribution in [2.45, 2.75) is 5.92 Å². The fourth-order valence-electron chi connectivity index (χ4n) is 1.39. The second kappa shape index (κ2) is 6.96. The molecule has 0 saturated carbocycles. The van der Waals surface area contributed by atoms with Crippen molar-refractivity contribution in [2.75, 3.05) is 18.6 Å². The summed E-state index contributed by atoms with van der Waals surface area (Å²) in [6.07, 6.45) is 0. The van der Waals surface area contributed by atoms with Crippen molar-refractivity contribution < 1.29 is 4.79 Å². The molecular formula is C12H17N3OS. The van der Waals surface area contributed by atoms with E-state index in [2.05, 4.69) is 5.32 Å². The minimum absolute atomic E-state index is 0.00892. The molecule has 4 nitrogen and oxygen atoms in total. The lowest BCUT2D eigenvalue weighted by Crippen LogP contribution is -2.24. The SMILES string of the molecule is CNC(=O)CSCC(C(=N)N)c1ccccc1. The first kappa shape index (κ1) is 13.6. The number of benzene rings is 1. The van der Waals surface area contributed by atoms with Gasteiger partial charge in [0.1, 0.15) is 0 Å². The van der Waals surface area contributed by atoms with Gasteiger partial charge in [0.2, 0.25) is 5.91 Å². The zero-order valence-corrected chi connectivity index (χ0v) is 10.6. The van der Waals surface area contributed by atoms with E-state index in [1.165, 1.54) is 11.8 Å². The van der Waals surface area contributed by atoms with Gasteiger partial charge < -0.3 is 11.1 Å². The van der Waals surface area contributed by atoms with E-state index in [9.17, 15) is 4.79 Å². The second-order valence-corrected chi connectivity index (χ2v) is 4.64. The smallest absolute Gasteiger partial charge is 0.229 e. The first-order valence-corrected chi connectivity index (χ1v) is 6.47. The van der Waals surface area contributed by atoms with E-state index in [0.29, 0.717) is 11.5 Å². The molecule has 1 atom stereocenters. The minimum Gasteiger partial charge on any atom is -0.387 e. The lowest BCUT2D eigenvalue weighted by atomic mass is 10.0. The largest absolute Gasteiger partial charge is 0.387 e. The van der Waals surface area contributed by atoms with E-state index >= 15 is 0 Å². The van der Waals surface area contributed by atoms with Crippen molar-refractivity contribution in [1.29, 1.82) is 5.41 Å². The molecule has 5 heteroatoms. The number of carbonyl (C=O) groups excluding carboxylic acids is 1. The van der Waals surface area contributed by atoms with Crippen molar-refractivity contribution in [2.24, 2.45) is 5.73 Å². The van der Waals surface area contributed by atoms with Crippen molar-refractivity contribution in [1.82, 2.24) is 5.32 Å². The number of amides is 1. The first-order chi connectivity index (χ1) is 8.15. The number of amidine groups is 1.